The lowest BCUT2D eigenvalue weighted by Crippen LogP contribution is -2.43. The third-order valence-electron chi connectivity index (χ3n) is 4.32. The standard InChI is InChI=1S/C20H30N2O3/c1-6-10-16(25-13-15-11-8-7-9-12-15)18-20(24-5)21-17(14(2)3)19(22-18)23-4/h7-9,11-12,14,16-18H,6,10,13H2,1-5H3/t16-,17-,18+/m1/s1. The van der Waals surface area contributed by atoms with Crippen molar-refractivity contribution in [3.05, 3.63) is 35.9 Å². The molecule has 0 fully saturated rings. The maximum atomic E-state index is 6.21. The summed E-state index contributed by atoms with van der Waals surface area (Å²) in [5.74, 6) is 1.58. The van der Waals surface area contributed by atoms with E-state index in [1.165, 1.54) is 0 Å². The highest BCUT2D eigenvalue weighted by Crippen LogP contribution is 2.23. The average Bonchev–Trinajstić information content (AvgIpc) is 2.64. The molecule has 0 radical (unpaired) electrons. The van der Waals surface area contributed by atoms with Gasteiger partial charge in [0.2, 0.25) is 11.8 Å². The van der Waals surface area contributed by atoms with Crippen molar-refractivity contribution < 1.29 is 14.2 Å². The molecule has 2 rings (SSSR count). The summed E-state index contributed by atoms with van der Waals surface area (Å²) in [4.78, 5) is 9.55. The number of hydrogen-bond donors (Lipinski definition) is 0. The van der Waals surface area contributed by atoms with Crippen molar-refractivity contribution in [2.24, 2.45) is 15.9 Å². The summed E-state index contributed by atoms with van der Waals surface area (Å²) in [6.07, 6.45) is 1.78. The van der Waals surface area contributed by atoms with Gasteiger partial charge in [0, 0.05) is 0 Å². The lowest BCUT2D eigenvalue weighted by Gasteiger charge is -2.31. The first-order chi connectivity index (χ1) is 12.1. The number of rotatable bonds is 7. The van der Waals surface area contributed by atoms with Gasteiger partial charge in [0.05, 0.1) is 26.9 Å². The molecule has 1 aromatic rings. The Kier molecular flexibility index (Phi) is 7.44. The van der Waals surface area contributed by atoms with Gasteiger partial charge < -0.3 is 14.2 Å². The molecular formula is C20H30N2O3. The molecule has 0 amide bonds. The molecule has 0 aliphatic carbocycles. The molecule has 1 aromatic carbocycles. The van der Waals surface area contributed by atoms with Gasteiger partial charge in [0.15, 0.2) is 6.04 Å². The molecule has 0 saturated carbocycles. The molecule has 0 aromatic heterocycles. The SMILES string of the molecule is CCC[C@@H](OCc1ccccc1)[C@@H]1N=C(OC)[C@@H](C(C)C)N=C1OC. The maximum Gasteiger partial charge on any atom is 0.212 e. The zero-order chi connectivity index (χ0) is 18.2. The van der Waals surface area contributed by atoms with Crippen LogP contribution in [0.1, 0.15) is 39.2 Å². The van der Waals surface area contributed by atoms with Gasteiger partial charge in [-0.25, -0.2) is 9.98 Å². The van der Waals surface area contributed by atoms with Crippen molar-refractivity contribution in [3.8, 4) is 0 Å². The molecule has 0 bridgehead atoms. The van der Waals surface area contributed by atoms with Crippen LogP contribution in [0.15, 0.2) is 40.3 Å². The van der Waals surface area contributed by atoms with Crippen LogP contribution in [0.3, 0.4) is 0 Å². The first-order valence-electron chi connectivity index (χ1n) is 8.99. The van der Waals surface area contributed by atoms with Gasteiger partial charge in [-0.05, 0) is 17.9 Å². The summed E-state index contributed by atoms with van der Waals surface area (Å²) in [5.41, 5.74) is 1.14. The van der Waals surface area contributed by atoms with Crippen LogP contribution in [0.2, 0.25) is 0 Å². The molecule has 138 valence electrons. The predicted octanol–water partition coefficient (Wildman–Crippen LogP) is 3.87. The number of hydrogen-bond acceptors (Lipinski definition) is 5. The minimum absolute atomic E-state index is 0.0952. The van der Waals surface area contributed by atoms with Gasteiger partial charge in [0.25, 0.3) is 0 Å². The van der Waals surface area contributed by atoms with Crippen molar-refractivity contribution in [3.63, 3.8) is 0 Å². The van der Waals surface area contributed by atoms with Crippen molar-refractivity contribution in [2.75, 3.05) is 14.2 Å². The highest BCUT2D eigenvalue weighted by atomic mass is 16.5. The minimum Gasteiger partial charge on any atom is -0.483 e. The minimum atomic E-state index is -0.265. The van der Waals surface area contributed by atoms with E-state index in [2.05, 4.69) is 32.9 Å². The van der Waals surface area contributed by atoms with Crippen LogP contribution in [0.25, 0.3) is 0 Å². The van der Waals surface area contributed by atoms with Gasteiger partial charge in [0.1, 0.15) is 6.04 Å². The quantitative estimate of drug-likeness (QED) is 0.753. The van der Waals surface area contributed by atoms with E-state index in [0.29, 0.717) is 24.3 Å². The molecule has 25 heavy (non-hydrogen) atoms. The van der Waals surface area contributed by atoms with Crippen molar-refractivity contribution >= 4 is 11.8 Å². The van der Waals surface area contributed by atoms with Crippen molar-refractivity contribution in [1.82, 2.24) is 0 Å². The van der Waals surface area contributed by atoms with Crippen molar-refractivity contribution in [1.29, 1.82) is 0 Å². The highest BCUT2D eigenvalue weighted by molar-refractivity contribution is 5.94. The molecule has 5 nitrogen and oxygen atoms in total. The number of ether oxygens (including phenoxy) is 3. The number of benzene rings is 1. The van der Waals surface area contributed by atoms with E-state index in [0.717, 1.165) is 18.4 Å². The second-order valence-corrected chi connectivity index (χ2v) is 6.60. The Morgan fingerprint density at radius 3 is 2.12 bits per heavy atom. The van der Waals surface area contributed by atoms with Crippen LogP contribution >= 0.6 is 0 Å². The Morgan fingerprint density at radius 1 is 0.960 bits per heavy atom. The lowest BCUT2D eigenvalue weighted by molar-refractivity contribution is 0.0258. The fourth-order valence-corrected chi connectivity index (χ4v) is 2.95. The second-order valence-electron chi connectivity index (χ2n) is 6.60. The van der Waals surface area contributed by atoms with E-state index in [1.54, 1.807) is 14.2 Å². The van der Waals surface area contributed by atoms with E-state index in [1.807, 2.05) is 18.2 Å². The average molecular weight is 346 g/mol. The van der Waals surface area contributed by atoms with E-state index in [4.69, 9.17) is 24.2 Å². The van der Waals surface area contributed by atoms with Crippen LogP contribution in [-0.4, -0.2) is 44.2 Å². The first kappa shape index (κ1) is 19.4. The summed E-state index contributed by atoms with van der Waals surface area (Å²) in [6.45, 7) is 6.89. The Bertz CT molecular complexity index is 584. The Balaban J connectivity index is 2.19. The molecule has 1 heterocycles. The summed E-state index contributed by atoms with van der Waals surface area (Å²) < 4.78 is 17.3. The second kappa shape index (κ2) is 9.56. The Hall–Kier alpha value is -1.88. The van der Waals surface area contributed by atoms with Gasteiger partial charge in [-0.3, -0.25) is 0 Å². The molecule has 0 spiro atoms. The zero-order valence-corrected chi connectivity index (χ0v) is 15.9. The van der Waals surface area contributed by atoms with E-state index in [-0.39, 0.29) is 18.2 Å². The molecule has 5 heteroatoms. The van der Waals surface area contributed by atoms with Crippen LogP contribution in [0.5, 0.6) is 0 Å². The Morgan fingerprint density at radius 2 is 1.56 bits per heavy atom. The van der Waals surface area contributed by atoms with Gasteiger partial charge >= 0.3 is 0 Å². The number of aliphatic imine (C=N–C) groups is 2. The molecule has 0 unspecified atom stereocenters. The van der Waals surface area contributed by atoms with Crippen LogP contribution in [0.4, 0.5) is 0 Å². The molecule has 1 aliphatic heterocycles. The number of nitrogens with zero attached hydrogens (tertiary/aromatic N) is 2. The third kappa shape index (κ3) is 5.05. The Labute approximate surface area is 151 Å². The smallest absolute Gasteiger partial charge is 0.212 e. The molecule has 1 aliphatic rings. The summed E-state index contributed by atoms with van der Waals surface area (Å²) in [6, 6.07) is 9.80. The van der Waals surface area contributed by atoms with E-state index < -0.39 is 0 Å². The number of methoxy groups -OCH3 is 2. The molecular weight excluding hydrogens is 316 g/mol. The monoisotopic (exact) mass is 346 g/mol. The zero-order valence-electron chi connectivity index (χ0n) is 15.9. The maximum absolute atomic E-state index is 6.21. The van der Waals surface area contributed by atoms with Gasteiger partial charge in [-0.1, -0.05) is 57.5 Å². The molecule has 3 atom stereocenters. The normalized spacial score (nSPS) is 21.5. The predicted molar refractivity (Wildman–Crippen MR) is 101 cm³/mol. The van der Waals surface area contributed by atoms with Crippen LogP contribution < -0.4 is 0 Å². The third-order valence-corrected chi connectivity index (χ3v) is 4.32. The van der Waals surface area contributed by atoms with Crippen LogP contribution in [-0.2, 0) is 20.8 Å². The van der Waals surface area contributed by atoms with Crippen LogP contribution in [0, 0.1) is 5.92 Å². The van der Waals surface area contributed by atoms with Gasteiger partial charge in [-0.15, -0.1) is 0 Å². The summed E-state index contributed by atoms with van der Waals surface area (Å²) >= 11 is 0. The summed E-state index contributed by atoms with van der Waals surface area (Å²) in [5, 5.41) is 0. The van der Waals surface area contributed by atoms with E-state index in [9.17, 15) is 0 Å². The fourth-order valence-electron chi connectivity index (χ4n) is 2.95. The fraction of sp³-hybridized carbons (Fsp3) is 0.600. The summed E-state index contributed by atoms with van der Waals surface area (Å²) in [7, 11) is 3.30. The lowest BCUT2D eigenvalue weighted by atomic mass is 10.00. The topological polar surface area (TPSA) is 52.4 Å². The molecule has 0 saturated heterocycles. The van der Waals surface area contributed by atoms with E-state index >= 15 is 0 Å². The van der Waals surface area contributed by atoms with Crippen molar-refractivity contribution in [2.45, 2.75) is 58.4 Å². The largest absolute Gasteiger partial charge is 0.483 e. The highest BCUT2D eigenvalue weighted by Gasteiger charge is 2.35. The first-order valence-corrected chi connectivity index (χ1v) is 8.99. The van der Waals surface area contributed by atoms with Gasteiger partial charge in [-0.2, -0.15) is 0 Å². The molecule has 0 N–H and O–H groups in total.